The summed E-state index contributed by atoms with van der Waals surface area (Å²) in [5, 5.41) is 3.87. The highest BCUT2D eigenvalue weighted by molar-refractivity contribution is 7.65. The molecule has 1 unspecified atom stereocenters. The molecule has 2 aliphatic heterocycles. The summed E-state index contributed by atoms with van der Waals surface area (Å²) in [4.78, 5) is 2.30. The van der Waals surface area contributed by atoms with Crippen LogP contribution in [-0.2, 0) is 14.7 Å². The van der Waals surface area contributed by atoms with E-state index in [1.165, 1.54) is 0 Å². The van der Waals surface area contributed by atoms with E-state index in [9.17, 15) is 4.57 Å². The Labute approximate surface area is 184 Å². The van der Waals surface area contributed by atoms with Crippen molar-refractivity contribution in [2.24, 2.45) is 0 Å². The molecule has 7 nitrogen and oxygen atoms in total. The molecule has 1 saturated heterocycles. The van der Waals surface area contributed by atoms with E-state index < -0.39 is 7.52 Å². The minimum Gasteiger partial charge on any atom is -0.454 e. The zero-order valence-corrected chi connectivity index (χ0v) is 19.3. The number of morpholine rings is 1. The van der Waals surface area contributed by atoms with E-state index in [-0.39, 0.29) is 12.2 Å². The van der Waals surface area contributed by atoms with Gasteiger partial charge in [-0.05, 0) is 23.6 Å². The smallest absolute Gasteiger partial charge is 0.347 e. The molecule has 1 atom stereocenters. The number of benzene rings is 2. The van der Waals surface area contributed by atoms with Crippen molar-refractivity contribution in [3.63, 3.8) is 0 Å². The molecule has 1 N–H and O–H groups in total. The van der Waals surface area contributed by atoms with E-state index in [0.29, 0.717) is 29.1 Å². The van der Waals surface area contributed by atoms with Gasteiger partial charge in [0, 0.05) is 37.8 Å². The van der Waals surface area contributed by atoms with E-state index in [2.05, 4.69) is 30.8 Å². The van der Waals surface area contributed by atoms with Crippen LogP contribution in [0.3, 0.4) is 0 Å². The van der Waals surface area contributed by atoms with Crippen molar-refractivity contribution in [2.45, 2.75) is 26.2 Å². The van der Waals surface area contributed by atoms with Crippen LogP contribution in [0, 0.1) is 0 Å². The molecule has 2 heterocycles. The van der Waals surface area contributed by atoms with Crippen LogP contribution >= 0.6 is 7.52 Å². The lowest BCUT2D eigenvalue weighted by molar-refractivity contribution is 0.0389. The van der Waals surface area contributed by atoms with Gasteiger partial charge in [-0.3, -0.25) is 9.46 Å². The van der Waals surface area contributed by atoms with Crippen molar-refractivity contribution in [3.05, 3.63) is 48.0 Å². The third-order valence-electron chi connectivity index (χ3n) is 5.46. The summed E-state index contributed by atoms with van der Waals surface area (Å²) in [5.74, 6) is 1.84. The van der Waals surface area contributed by atoms with Crippen molar-refractivity contribution in [3.8, 4) is 17.2 Å². The van der Waals surface area contributed by atoms with Crippen LogP contribution in [0.5, 0.6) is 17.2 Å². The summed E-state index contributed by atoms with van der Waals surface area (Å²) in [5.41, 5.74) is 0.689. The Morgan fingerprint density at radius 2 is 1.74 bits per heavy atom. The van der Waals surface area contributed by atoms with Gasteiger partial charge in [-0.1, -0.05) is 39.0 Å². The van der Waals surface area contributed by atoms with E-state index in [1.807, 2.05) is 36.4 Å². The van der Waals surface area contributed by atoms with E-state index >= 15 is 0 Å². The fourth-order valence-corrected chi connectivity index (χ4v) is 5.44. The Kier molecular flexibility index (Phi) is 6.58. The maximum absolute atomic E-state index is 14.2. The molecule has 2 aromatic rings. The quantitative estimate of drug-likeness (QED) is 0.653. The second-order valence-corrected chi connectivity index (χ2v) is 10.9. The summed E-state index contributed by atoms with van der Waals surface area (Å²) in [6, 6.07) is 13.1. The van der Waals surface area contributed by atoms with Gasteiger partial charge in [-0.2, -0.15) is 0 Å². The first kappa shape index (κ1) is 22.2. The summed E-state index contributed by atoms with van der Waals surface area (Å²) in [6.45, 7) is 11.0. The Bertz CT molecular complexity index is 939. The lowest BCUT2D eigenvalue weighted by Crippen LogP contribution is -2.40. The molecule has 0 aliphatic carbocycles. The van der Waals surface area contributed by atoms with Crippen molar-refractivity contribution in [1.82, 2.24) is 9.99 Å². The lowest BCUT2D eigenvalue weighted by Gasteiger charge is -2.29. The molecule has 0 bridgehead atoms. The number of nitrogens with zero attached hydrogens (tertiary/aromatic N) is 1. The maximum atomic E-state index is 14.2. The summed E-state index contributed by atoms with van der Waals surface area (Å²) in [7, 11) is -3.39. The Hall–Kier alpha value is -2.05. The molecule has 31 heavy (non-hydrogen) atoms. The number of fused-ring (bicyclic) bond motifs is 1. The average Bonchev–Trinajstić information content (AvgIpc) is 3.21. The maximum Gasteiger partial charge on any atom is 0.347 e. The predicted molar refractivity (Wildman–Crippen MR) is 121 cm³/mol. The highest BCUT2D eigenvalue weighted by Gasteiger charge is 2.32. The summed E-state index contributed by atoms with van der Waals surface area (Å²) < 4.78 is 37.0. The van der Waals surface area contributed by atoms with Gasteiger partial charge in [0.2, 0.25) is 6.79 Å². The third kappa shape index (κ3) is 5.24. The van der Waals surface area contributed by atoms with Crippen molar-refractivity contribution in [2.75, 3.05) is 46.2 Å². The zero-order chi connectivity index (χ0) is 21.9. The SMILES string of the molecule is CC(C)(C)c1cc2c(cc1OP(=O)(NCCN1CCOCC1)c1ccccc1)OCO2. The molecule has 2 aromatic carbocycles. The van der Waals surface area contributed by atoms with Gasteiger partial charge in [-0.15, -0.1) is 0 Å². The van der Waals surface area contributed by atoms with Crippen LogP contribution in [0.1, 0.15) is 26.3 Å². The van der Waals surface area contributed by atoms with E-state index in [4.69, 9.17) is 18.7 Å². The molecule has 4 rings (SSSR count). The minimum absolute atomic E-state index is 0.177. The predicted octanol–water partition coefficient (Wildman–Crippen LogP) is 3.53. The second-order valence-electron chi connectivity index (χ2n) is 8.79. The van der Waals surface area contributed by atoms with Crippen LogP contribution in [0.2, 0.25) is 0 Å². The molecule has 1 fully saturated rings. The molecule has 0 amide bonds. The van der Waals surface area contributed by atoms with Gasteiger partial charge in [0.1, 0.15) is 5.75 Å². The molecule has 0 aromatic heterocycles. The van der Waals surface area contributed by atoms with E-state index in [0.717, 1.165) is 38.4 Å². The zero-order valence-electron chi connectivity index (χ0n) is 18.4. The second kappa shape index (κ2) is 9.21. The molecule has 0 radical (unpaired) electrons. The summed E-state index contributed by atoms with van der Waals surface area (Å²) in [6.07, 6.45) is 0. The molecule has 2 aliphatic rings. The lowest BCUT2D eigenvalue weighted by atomic mass is 9.86. The first-order valence-electron chi connectivity index (χ1n) is 10.7. The van der Waals surface area contributed by atoms with Crippen LogP contribution in [0.25, 0.3) is 0 Å². The molecular formula is C23H31N2O5P. The number of hydrogen-bond acceptors (Lipinski definition) is 6. The minimum atomic E-state index is -3.39. The topological polar surface area (TPSA) is 69.3 Å². The Morgan fingerprint density at radius 1 is 1.06 bits per heavy atom. The van der Waals surface area contributed by atoms with Gasteiger partial charge in [0.15, 0.2) is 11.5 Å². The van der Waals surface area contributed by atoms with Crippen molar-refractivity contribution < 1.29 is 23.3 Å². The van der Waals surface area contributed by atoms with Crippen molar-refractivity contribution >= 4 is 12.8 Å². The monoisotopic (exact) mass is 446 g/mol. The highest BCUT2D eigenvalue weighted by Crippen LogP contribution is 2.49. The molecule has 0 spiro atoms. The third-order valence-corrected chi connectivity index (χ3v) is 7.53. The number of ether oxygens (including phenoxy) is 3. The first-order chi connectivity index (χ1) is 14.9. The molecule has 168 valence electrons. The number of hydrogen-bond donors (Lipinski definition) is 1. The average molecular weight is 446 g/mol. The normalized spacial score (nSPS) is 18.5. The van der Waals surface area contributed by atoms with Crippen molar-refractivity contribution in [1.29, 1.82) is 0 Å². The Balaban J connectivity index is 1.61. The largest absolute Gasteiger partial charge is 0.454 e. The van der Waals surface area contributed by atoms with E-state index in [1.54, 1.807) is 6.07 Å². The van der Waals surface area contributed by atoms with Crippen LogP contribution < -0.4 is 24.4 Å². The first-order valence-corrected chi connectivity index (χ1v) is 12.3. The fraction of sp³-hybridized carbons (Fsp3) is 0.478. The number of rotatable bonds is 7. The van der Waals surface area contributed by atoms with Crippen LogP contribution in [-0.4, -0.2) is 51.1 Å². The van der Waals surface area contributed by atoms with Crippen LogP contribution in [0.4, 0.5) is 0 Å². The standard InChI is InChI=1S/C23H31N2O5P/c1-23(2,3)19-15-21-22(29-17-28-21)16-20(19)30-31(26,18-7-5-4-6-8-18)24-9-10-25-11-13-27-14-12-25/h4-8,15-16H,9-14,17H2,1-3H3,(H,24,26). The van der Waals surface area contributed by atoms with Gasteiger partial charge in [0.25, 0.3) is 0 Å². The van der Waals surface area contributed by atoms with Gasteiger partial charge < -0.3 is 18.7 Å². The molecular weight excluding hydrogens is 415 g/mol. The Morgan fingerprint density at radius 3 is 2.42 bits per heavy atom. The van der Waals surface area contributed by atoms with Gasteiger partial charge in [0.05, 0.1) is 18.5 Å². The fourth-order valence-electron chi connectivity index (χ4n) is 3.70. The molecule has 8 heteroatoms. The highest BCUT2D eigenvalue weighted by atomic mass is 31.2. The number of nitrogens with one attached hydrogen (secondary N) is 1. The summed E-state index contributed by atoms with van der Waals surface area (Å²) >= 11 is 0. The van der Waals surface area contributed by atoms with Crippen LogP contribution in [0.15, 0.2) is 42.5 Å². The molecule has 0 saturated carbocycles. The van der Waals surface area contributed by atoms with Gasteiger partial charge in [-0.25, -0.2) is 5.09 Å². The van der Waals surface area contributed by atoms with Gasteiger partial charge >= 0.3 is 7.52 Å².